The molecule has 1 aliphatic rings. The summed E-state index contributed by atoms with van der Waals surface area (Å²) in [7, 11) is 0. The molecule has 0 N–H and O–H groups in total. The van der Waals surface area contributed by atoms with Crippen LogP contribution < -0.4 is 0 Å². The summed E-state index contributed by atoms with van der Waals surface area (Å²) < 4.78 is 0. The van der Waals surface area contributed by atoms with Crippen molar-refractivity contribution in [3.8, 4) is 0 Å². The molecule has 1 heterocycles. The van der Waals surface area contributed by atoms with Gasteiger partial charge in [0.2, 0.25) is 0 Å². The summed E-state index contributed by atoms with van der Waals surface area (Å²) in [5, 5.41) is 0. The Hall–Kier alpha value is -0.660. The zero-order chi connectivity index (χ0) is 20.3. The molecule has 0 saturated heterocycles. The van der Waals surface area contributed by atoms with Crippen molar-refractivity contribution in [3.05, 3.63) is 12.4 Å². The van der Waals surface area contributed by atoms with Gasteiger partial charge in [-0.25, -0.2) is 0 Å². The third-order valence-electron chi connectivity index (χ3n) is 6.32. The van der Waals surface area contributed by atoms with Crippen molar-refractivity contribution in [2.75, 3.05) is 13.1 Å². The minimum Gasteiger partial charge on any atom is -0.356 e. The average Bonchev–Trinajstić information content (AvgIpc) is 3.09. The standard InChI is InChI=1S/C26H52N2/c1-4-7-10-12-13-14-15-16-17-18-20-23-28-25-24-27(22-9-6-3)26(28)21-19-11-8-5-2/h24-26H,4-23H2,1-3H3. The zero-order valence-corrected chi connectivity index (χ0v) is 19.8. The molecule has 0 aromatic rings. The summed E-state index contributed by atoms with van der Waals surface area (Å²) in [5.74, 6) is 0. The van der Waals surface area contributed by atoms with Crippen molar-refractivity contribution in [2.45, 2.75) is 143 Å². The van der Waals surface area contributed by atoms with Crippen LogP contribution >= 0.6 is 0 Å². The second-order valence-electron chi connectivity index (χ2n) is 8.99. The van der Waals surface area contributed by atoms with E-state index in [0.717, 1.165) is 0 Å². The number of hydrogen-bond acceptors (Lipinski definition) is 2. The van der Waals surface area contributed by atoms with Crippen LogP contribution in [-0.2, 0) is 0 Å². The second-order valence-corrected chi connectivity index (χ2v) is 8.99. The van der Waals surface area contributed by atoms with Crippen LogP contribution in [0.5, 0.6) is 0 Å². The van der Waals surface area contributed by atoms with Crippen molar-refractivity contribution in [3.63, 3.8) is 0 Å². The maximum Gasteiger partial charge on any atom is 0.101 e. The van der Waals surface area contributed by atoms with Crippen molar-refractivity contribution >= 4 is 0 Å². The van der Waals surface area contributed by atoms with E-state index in [1.807, 2.05) is 0 Å². The summed E-state index contributed by atoms with van der Waals surface area (Å²) in [5.41, 5.74) is 0. The van der Waals surface area contributed by atoms with Gasteiger partial charge in [-0.05, 0) is 25.7 Å². The molecule has 0 fully saturated rings. The smallest absolute Gasteiger partial charge is 0.101 e. The number of unbranched alkanes of at least 4 members (excludes halogenated alkanes) is 14. The van der Waals surface area contributed by atoms with E-state index in [2.05, 4.69) is 43.0 Å². The van der Waals surface area contributed by atoms with Crippen LogP contribution in [-0.4, -0.2) is 29.1 Å². The zero-order valence-electron chi connectivity index (χ0n) is 19.8. The average molecular weight is 393 g/mol. The second kappa shape index (κ2) is 18.4. The van der Waals surface area contributed by atoms with Gasteiger partial charge >= 0.3 is 0 Å². The summed E-state index contributed by atoms with van der Waals surface area (Å²) in [4.78, 5) is 5.27. The first-order valence-electron chi connectivity index (χ1n) is 13.0. The Balaban J connectivity index is 2.12. The van der Waals surface area contributed by atoms with Gasteiger partial charge in [0.15, 0.2) is 0 Å². The largest absolute Gasteiger partial charge is 0.356 e. The van der Waals surface area contributed by atoms with Gasteiger partial charge in [-0.3, -0.25) is 0 Å². The van der Waals surface area contributed by atoms with E-state index in [4.69, 9.17) is 0 Å². The molecular weight excluding hydrogens is 340 g/mol. The summed E-state index contributed by atoms with van der Waals surface area (Å²) >= 11 is 0. The summed E-state index contributed by atoms with van der Waals surface area (Å²) in [6.45, 7) is 9.41. The third-order valence-corrected chi connectivity index (χ3v) is 6.32. The molecule has 0 amide bonds. The molecule has 0 bridgehead atoms. The van der Waals surface area contributed by atoms with Crippen molar-refractivity contribution in [1.82, 2.24) is 9.80 Å². The monoisotopic (exact) mass is 392 g/mol. The van der Waals surface area contributed by atoms with Gasteiger partial charge in [0.1, 0.15) is 6.17 Å². The third kappa shape index (κ3) is 12.0. The minimum absolute atomic E-state index is 0.645. The highest BCUT2D eigenvalue weighted by atomic mass is 15.4. The SMILES string of the molecule is CCCCCCCCCCCCCN1C=CN(CCCC)C1CCCCCC. The lowest BCUT2D eigenvalue weighted by Crippen LogP contribution is -2.39. The molecular formula is C26H52N2. The number of nitrogens with zero attached hydrogens (tertiary/aromatic N) is 2. The molecule has 0 radical (unpaired) electrons. The van der Waals surface area contributed by atoms with Crippen molar-refractivity contribution < 1.29 is 0 Å². The maximum absolute atomic E-state index is 2.65. The highest BCUT2D eigenvalue weighted by Crippen LogP contribution is 2.23. The molecule has 0 saturated carbocycles. The van der Waals surface area contributed by atoms with Crippen molar-refractivity contribution in [2.24, 2.45) is 0 Å². The fourth-order valence-corrected chi connectivity index (χ4v) is 4.39. The Morgan fingerprint density at radius 2 is 0.857 bits per heavy atom. The van der Waals surface area contributed by atoms with Crippen LogP contribution in [0.2, 0.25) is 0 Å². The Morgan fingerprint density at radius 1 is 0.464 bits per heavy atom. The fraction of sp³-hybridized carbons (Fsp3) is 0.923. The van der Waals surface area contributed by atoms with Gasteiger partial charge in [-0.2, -0.15) is 0 Å². The number of rotatable bonds is 20. The van der Waals surface area contributed by atoms with Gasteiger partial charge in [0.25, 0.3) is 0 Å². The molecule has 1 rings (SSSR count). The van der Waals surface area contributed by atoms with E-state index in [9.17, 15) is 0 Å². The molecule has 0 aliphatic carbocycles. The molecule has 166 valence electrons. The van der Waals surface area contributed by atoms with Crippen LogP contribution in [0.4, 0.5) is 0 Å². The Bertz CT molecular complexity index is 352. The van der Waals surface area contributed by atoms with E-state index in [0.29, 0.717) is 6.17 Å². The molecule has 0 spiro atoms. The number of hydrogen-bond donors (Lipinski definition) is 0. The first-order valence-corrected chi connectivity index (χ1v) is 13.0. The van der Waals surface area contributed by atoms with Gasteiger partial charge in [-0.15, -0.1) is 0 Å². The predicted molar refractivity (Wildman–Crippen MR) is 126 cm³/mol. The van der Waals surface area contributed by atoms with E-state index in [1.54, 1.807) is 0 Å². The Morgan fingerprint density at radius 3 is 1.36 bits per heavy atom. The van der Waals surface area contributed by atoms with E-state index < -0.39 is 0 Å². The van der Waals surface area contributed by atoms with Crippen LogP contribution in [0.25, 0.3) is 0 Å². The van der Waals surface area contributed by atoms with E-state index in [1.165, 1.54) is 129 Å². The van der Waals surface area contributed by atoms with Crippen LogP contribution in [0.1, 0.15) is 136 Å². The van der Waals surface area contributed by atoms with E-state index in [-0.39, 0.29) is 0 Å². The Kier molecular flexibility index (Phi) is 16.7. The van der Waals surface area contributed by atoms with Gasteiger partial charge in [-0.1, -0.05) is 111 Å². The minimum atomic E-state index is 0.645. The quantitative estimate of drug-likeness (QED) is 0.192. The van der Waals surface area contributed by atoms with Crippen LogP contribution in [0, 0.1) is 0 Å². The lowest BCUT2D eigenvalue weighted by Gasteiger charge is -2.33. The molecule has 1 unspecified atom stereocenters. The molecule has 1 atom stereocenters. The van der Waals surface area contributed by atoms with Crippen LogP contribution in [0.15, 0.2) is 12.4 Å². The predicted octanol–water partition coefficient (Wildman–Crippen LogP) is 8.48. The first-order chi connectivity index (χ1) is 13.8. The Labute approximate surface area is 178 Å². The highest BCUT2D eigenvalue weighted by molar-refractivity contribution is 4.96. The van der Waals surface area contributed by atoms with Gasteiger partial charge in [0.05, 0.1) is 0 Å². The lowest BCUT2D eigenvalue weighted by atomic mass is 10.1. The molecule has 1 aliphatic heterocycles. The molecule has 2 nitrogen and oxygen atoms in total. The topological polar surface area (TPSA) is 6.48 Å². The van der Waals surface area contributed by atoms with Crippen LogP contribution in [0.3, 0.4) is 0 Å². The van der Waals surface area contributed by atoms with Gasteiger partial charge in [0, 0.05) is 25.5 Å². The van der Waals surface area contributed by atoms with Gasteiger partial charge < -0.3 is 9.80 Å². The lowest BCUT2D eigenvalue weighted by molar-refractivity contribution is 0.136. The van der Waals surface area contributed by atoms with E-state index >= 15 is 0 Å². The highest BCUT2D eigenvalue weighted by Gasteiger charge is 2.24. The molecule has 0 aromatic heterocycles. The molecule has 2 heteroatoms. The summed E-state index contributed by atoms with van der Waals surface area (Å²) in [6, 6.07) is 0. The molecule has 28 heavy (non-hydrogen) atoms. The maximum atomic E-state index is 2.65. The fourth-order valence-electron chi connectivity index (χ4n) is 4.39. The summed E-state index contributed by atoms with van der Waals surface area (Å²) in [6.07, 6.45) is 30.7. The first kappa shape index (κ1) is 25.4. The molecule has 0 aromatic carbocycles. The normalized spacial score (nSPS) is 16.5. The van der Waals surface area contributed by atoms with Crippen molar-refractivity contribution in [1.29, 1.82) is 0 Å².